The first-order valence-electron chi connectivity index (χ1n) is 4.93. The lowest BCUT2D eigenvalue weighted by molar-refractivity contribution is -0.141. The predicted octanol–water partition coefficient (Wildman–Crippen LogP) is -0.0440. The van der Waals surface area contributed by atoms with Gasteiger partial charge in [0.05, 0.1) is 11.7 Å². The minimum atomic E-state index is -1.41. The van der Waals surface area contributed by atoms with E-state index in [2.05, 4.69) is 5.32 Å². The molecule has 1 rings (SSSR count). The Morgan fingerprint density at radius 1 is 1.29 bits per heavy atom. The maximum absolute atomic E-state index is 11.6. The van der Waals surface area contributed by atoms with E-state index < -0.39 is 24.0 Å². The van der Waals surface area contributed by atoms with Crippen molar-refractivity contribution in [3.8, 4) is 5.75 Å². The second-order valence-electron chi connectivity index (χ2n) is 3.55. The zero-order chi connectivity index (χ0) is 13.0. The number of phenolic OH excluding ortho intramolecular Hbond substituents is 1. The SMILES string of the molecule is CC(O)C(NC(=O)c1ccccc1O)C(=O)O. The molecule has 0 heterocycles. The molecule has 0 aliphatic heterocycles. The van der Waals surface area contributed by atoms with Crippen molar-refractivity contribution in [2.75, 3.05) is 0 Å². The lowest BCUT2D eigenvalue weighted by atomic mass is 10.1. The van der Waals surface area contributed by atoms with Crippen LogP contribution in [-0.2, 0) is 4.79 Å². The van der Waals surface area contributed by atoms with Gasteiger partial charge in [0, 0.05) is 0 Å². The first-order valence-corrected chi connectivity index (χ1v) is 4.93. The van der Waals surface area contributed by atoms with E-state index in [1.165, 1.54) is 31.2 Å². The summed E-state index contributed by atoms with van der Waals surface area (Å²) >= 11 is 0. The fraction of sp³-hybridized carbons (Fsp3) is 0.273. The number of carboxylic acids is 1. The Bertz CT molecular complexity index is 430. The van der Waals surface area contributed by atoms with Crippen molar-refractivity contribution in [1.29, 1.82) is 0 Å². The first-order chi connectivity index (χ1) is 7.93. The number of phenols is 1. The van der Waals surface area contributed by atoms with Crippen LogP contribution in [0.15, 0.2) is 24.3 Å². The molecule has 17 heavy (non-hydrogen) atoms. The molecular weight excluding hydrogens is 226 g/mol. The predicted molar refractivity (Wildman–Crippen MR) is 58.7 cm³/mol. The average molecular weight is 239 g/mol. The van der Waals surface area contributed by atoms with Crippen molar-refractivity contribution >= 4 is 11.9 Å². The molecule has 0 aromatic heterocycles. The summed E-state index contributed by atoms with van der Waals surface area (Å²) in [7, 11) is 0. The van der Waals surface area contributed by atoms with Gasteiger partial charge in [-0.2, -0.15) is 0 Å². The summed E-state index contributed by atoms with van der Waals surface area (Å²) in [6.07, 6.45) is -1.23. The fourth-order valence-corrected chi connectivity index (χ4v) is 1.27. The molecule has 6 heteroatoms. The normalized spacial score (nSPS) is 13.8. The van der Waals surface area contributed by atoms with E-state index in [1.807, 2.05) is 0 Å². The van der Waals surface area contributed by atoms with E-state index >= 15 is 0 Å². The number of carbonyl (C=O) groups is 2. The molecule has 2 atom stereocenters. The second kappa shape index (κ2) is 5.31. The van der Waals surface area contributed by atoms with Crippen LogP contribution in [0.1, 0.15) is 17.3 Å². The number of para-hydroxylation sites is 1. The Morgan fingerprint density at radius 2 is 1.88 bits per heavy atom. The van der Waals surface area contributed by atoms with E-state index in [1.54, 1.807) is 0 Å². The molecule has 0 saturated carbocycles. The highest BCUT2D eigenvalue weighted by Gasteiger charge is 2.26. The van der Waals surface area contributed by atoms with Gasteiger partial charge in [-0.1, -0.05) is 12.1 Å². The maximum Gasteiger partial charge on any atom is 0.328 e. The third-order valence-corrected chi connectivity index (χ3v) is 2.18. The van der Waals surface area contributed by atoms with E-state index in [0.29, 0.717) is 0 Å². The van der Waals surface area contributed by atoms with Gasteiger partial charge in [-0.05, 0) is 19.1 Å². The van der Waals surface area contributed by atoms with Crippen LogP contribution in [0, 0.1) is 0 Å². The Balaban J connectivity index is 2.85. The van der Waals surface area contributed by atoms with Gasteiger partial charge in [-0.3, -0.25) is 4.79 Å². The molecule has 0 aliphatic carbocycles. The number of aliphatic hydroxyl groups is 1. The molecule has 0 spiro atoms. The minimum absolute atomic E-state index is 0.0422. The lowest BCUT2D eigenvalue weighted by Crippen LogP contribution is -2.47. The molecular formula is C11H13NO5. The minimum Gasteiger partial charge on any atom is -0.507 e. The Hall–Kier alpha value is -2.08. The molecule has 4 N–H and O–H groups in total. The molecule has 0 saturated heterocycles. The van der Waals surface area contributed by atoms with Crippen molar-refractivity contribution < 1.29 is 24.9 Å². The lowest BCUT2D eigenvalue weighted by Gasteiger charge is -2.17. The van der Waals surface area contributed by atoms with Crippen LogP contribution in [0.3, 0.4) is 0 Å². The molecule has 0 bridgehead atoms. The standard InChI is InChI=1S/C11H13NO5/c1-6(13)9(11(16)17)12-10(15)7-4-2-3-5-8(7)14/h2-6,9,13-14H,1H3,(H,12,15)(H,16,17). The molecule has 1 aromatic carbocycles. The zero-order valence-corrected chi connectivity index (χ0v) is 9.12. The average Bonchev–Trinajstić information content (AvgIpc) is 2.25. The topological polar surface area (TPSA) is 107 Å². The van der Waals surface area contributed by atoms with E-state index in [4.69, 9.17) is 5.11 Å². The number of amides is 1. The van der Waals surface area contributed by atoms with Gasteiger partial charge in [0.25, 0.3) is 5.91 Å². The van der Waals surface area contributed by atoms with Gasteiger partial charge in [0.15, 0.2) is 6.04 Å². The summed E-state index contributed by atoms with van der Waals surface area (Å²) in [5.41, 5.74) is -0.0422. The molecule has 92 valence electrons. The summed E-state index contributed by atoms with van der Waals surface area (Å²) in [5, 5.41) is 29.5. The largest absolute Gasteiger partial charge is 0.507 e. The second-order valence-corrected chi connectivity index (χ2v) is 3.55. The molecule has 0 fully saturated rings. The maximum atomic E-state index is 11.6. The molecule has 1 amide bonds. The molecule has 1 aromatic rings. The van der Waals surface area contributed by atoms with Gasteiger partial charge in [0.2, 0.25) is 0 Å². The smallest absolute Gasteiger partial charge is 0.328 e. The Morgan fingerprint density at radius 3 is 2.35 bits per heavy atom. The van der Waals surface area contributed by atoms with Gasteiger partial charge >= 0.3 is 5.97 Å². The number of aliphatic hydroxyl groups excluding tert-OH is 1. The van der Waals surface area contributed by atoms with Gasteiger partial charge in [-0.25, -0.2) is 4.79 Å². The summed E-state index contributed by atoms with van der Waals surface area (Å²) in [6.45, 7) is 1.25. The third-order valence-electron chi connectivity index (χ3n) is 2.18. The first kappa shape index (κ1) is 13.0. The summed E-state index contributed by atoms with van der Waals surface area (Å²) in [5.74, 6) is -2.35. The molecule has 2 unspecified atom stereocenters. The number of nitrogens with one attached hydrogen (secondary N) is 1. The molecule has 6 nitrogen and oxygen atoms in total. The number of rotatable bonds is 4. The fourth-order valence-electron chi connectivity index (χ4n) is 1.27. The van der Waals surface area contributed by atoms with Crippen LogP contribution >= 0.6 is 0 Å². The zero-order valence-electron chi connectivity index (χ0n) is 9.12. The van der Waals surface area contributed by atoms with Crippen LogP contribution < -0.4 is 5.32 Å². The number of hydrogen-bond acceptors (Lipinski definition) is 4. The number of aromatic hydroxyl groups is 1. The quantitative estimate of drug-likeness (QED) is 0.589. The highest BCUT2D eigenvalue weighted by atomic mass is 16.4. The summed E-state index contributed by atoms with van der Waals surface area (Å²) in [4.78, 5) is 22.4. The van der Waals surface area contributed by atoms with Crippen LogP contribution in [-0.4, -0.2) is 39.3 Å². The Labute approximate surface area is 97.5 Å². The summed E-state index contributed by atoms with van der Waals surface area (Å²) < 4.78 is 0. The van der Waals surface area contributed by atoms with Crippen molar-refractivity contribution in [2.24, 2.45) is 0 Å². The van der Waals surface area contributed by atoms with Gasteiger partial charge in [-0.15, -0.1) is 0 Å². The highest BCUT2D eigenvalue weighted by Crippen LogP contribution is 2.15. The van der Waals surface area contributed by atoms with Gasteiger partial charge < -0.3 is 20.6 Å². The van der Waals surface area contributed by atoms with Crippen LogP contribution in [0.4, 0.5) is 0 Å². The van der Waals surface area contributed by atoms with Crippen LogP contribution in [0.5, 0.6) is 5.75 Å². The number of hydrogen-bond donors (Lipinski definition) is 4. The van der Waals surface area contributed by atoms with Crippen molar-refractivity contribution in [3.63, 3.8) is 0 Å². The highest BCUT2D eigenvalue weighted by molar-refractivity contribution is 5.98. The van der Waals surface area contributed by atoms with Crippen molar-refractivity contribution in [2.45, 2.75) is 19.1 Å². The van der Waals surface area contributed by atoms with Crippen molar-refractivity contribution in [3.05, 3.63) is 29.8 Å². The monoisotopic (exact) mass is 239 g/mol. The van der Waals surface area contributed by atoms with Crippen LogP contribution in [0.2, 0.25) is 0 Å². The Kier molecular flexibility index (Phi) is 4.06. The number of benzene rings is 1. The van der Waals surface area contributed by atoms with Crippen molar-refractivity contribution in [1.82, 2.24) is 5.32 Å². The molecule has 0 aliphatic rings. The molecule has 0 radical (unpaired) electrons. The third kappa shape index (κ3) is 3.18. The summed E-state index contributed by atoms with van der Waals surface area (Å²) in [6, 6.07) is 4.32. The van der Waals surface area contributed by atoms with E-state index in [9.17, 15) is 19.8 Å². The van der Waals surface area contributed by atoms with Crippen LogP contribution in [0.25, 0.3) is 0 Å². The number of carbonyl (C=O) groups excluding carboxylic acids is 1. The number of carboxylic acid groups (broad SMARTS) is 1. The van der Waals surface area contributed by atoms with Gasteiger partial charge in [0.1, 0.15) is 5.75 Å². The van der Waals surface area contributed by atoms with E-state index in [-0.39, 0.29) is 11.3 Å². The number of aliphatic carboxylic acids is 1. The van der Waals surface area contributed by atoms with E-state index in [0.717, 1.165) is 0 Å².